The summed E-state index contributed by atoms with van der Waals surface area (Å²) in [6, 6.07) is 6.19. The van der Waals surface area contributed by atoms with Crippen LogP contribution in [0.4, 0.5) is 0 Å². The number of carbonyl (C=O) groups excluding carboxylic acids is 1. The first kappa shape index (κ1) is 14.3. The largest absolute Gasteiger partial charge is 0.343 e. The first-order chi connectivity index (χ1) is 10.2. The van der Waals surface area contributed by atoms with Crippen molar-refractivity contribution >= 4 is 17.2 Å². The number of amides is 1. The summed E-state index contributed by atoms with van der Waals surface area (Å²) in [5, 5.41) is 12.8. The molecule has 0 saturated carbocycles. The van der Waals surface area contributed by atoms with Crippen molar-refractivity contribution in [1.82, 2.24) is 20.4 Å². The second kappa shape index (κ2) is 6.41. The van der Waals surface area contributed by atoms with Crippen molar-refractivity contribution in [3.8, 4) is 0 Å². The van der Waals surface area contributed by atoms with Gasteiger partial charge in [0, 0.05) is 17.6 Å². The minimum atomic E-state index is -0.113. The number of hydrogen-bond donors (Lipinski definition) is 2. The molecule has 112 valence electrons. The van der Waals surface area contributed by atoms with Crippen LogP contribution in [0.1, 0.15) is 47.2 Å². The van der Waals surface area contributed by atoms with E-state index in [0.717, 1.165) is 30.8 Å². The lowest BCUT2D eigenvalue weighted by Gasteiger charge is -2.22. The van der Waals surface area contributed by atoms with Crippen LogP contribution in [0.5, 0.6) is 0 Å². The Bertz CT molecular complexity index is 587. The molecule has 2 aromatic heterocycles. The molecule has 0 spiro atoms. The molecule has 0 radical (unpaired) electrons. The van der Waals surface area contributed by atoms with Gasteiger partial charge in [-0.25, -0.2) is 0 Å². The van der Waals surface area contributed by atoms with Crippen LogP contribution >= 0.6 is 11.3 Å². The highest BCUT2D eigenvalue weighted by molar-refractivity contribution is 7.10. The fraction of sp³-hybridized carbons (Fsp3) is 0.467. The van der Waals surface area contributed by atoms with Gasteiger partial charge >= 0.3 is 0 Å². The fourth-order valence-electron chi connectivity index (χ4n) is 2.60. The van der Waals surface area contributed by atoms with Crippen LogP contribution in [0.25, 0.3) is 0 Å². The Morgan fingerprint density at radius 3 is 3.19 bits per heavy atom. The maximum Gasteiger partial charge on any atom is 0.272 e. The Kier molecular flexibility index (Phi) is 4.36. The zero-order valence-corrected chi connectivity index (χ0v) is 12.9. The normalized spacial score (nSPS) is 20.1. The third-order valence-corrected chi connectivity index (χ3v) is 4.86. The van der Waals surface area contributed by atoms with Crippen LogP contribution < -0.4 is 10.6 Å². The summed E-state index contributed by atoms with van der Waals surface area (Å²) in [5.74, 6) is -0.113. The van der Waals surface area contributed by atoms with Crippen molar-refractivity contribution < 1.29 is 4.79 Å². The average Bonchev–Trinajstić information content (AvgIpc) is 3.20. The Hall–Kier alpha value is -1.66. The summed E-state index contributed by atoms with van der Waals surface area (Å²) in [4.78, 5) is 13.4. The highest BCUT2D eigenvalue weighted by Gasteiger charge is 2.19. The number of nitrogens with zero attached hydrogens (tertiary/aromatic N) is 2. The third kappa shape index (κ3) is 3.33. The lowest BCUT2D eigenvalue weighted by Crippen LogP contribution is -2.32. The highest BCUT2D eigenvalue weighted by Crippen LogP contribution is 2.19. The lowest BCUT2D eigenvalue weighted by molar-refractivity contribution is 0.0934. The van der Waals surface area contributed by atoms with Crippen molar-refractivity contribution in [2.45, 2.75) is 31.8 Å². The summed E-state index contributed by atoms with van der Waals surface area (Å²) in [6.07, 6.45) is 4.17. The van der Waals surface area contributed by atoms with Crippen LogP contribution in [-0.4, -0.2) is 28.8 Å². The SMILES string of the molecule is C[C@@H](NC(=O)c1ccn([C@H]2CCCNC2)n1)c1cccs1. The number of piperidine rings is 1. The Labute approximate surface area is 128 Å². The molecular formula is C15H20N4OS. The Balaban J connectivity index is 1.63. The van der Waals surface area contributed by atoms with Gasteiger partial charge in [-0.1, -0.05) is 6.07 Å². The van der Waals surface area contributed by atoms with Gasteiger partial charge in [-0.3, -0.25) is 9.48 Å². The minimum absolute atomic E-state index is 0.0130. The van der Waals surface area contributed by atoms with Crippen LogP contribution in [0.15, 0.2) is 29.8 Å². The van der Waals surface area contributed by atoms with E-state index in [0.29, 0.717) is 11.7 Å². The minimum Gasteiger partial charge on any atom is -0.343 e. The molecule has 1 amide bonds. The van der Waals surface area contributed by atoms with Crippen LogP contribution in [0, 0.1) is 0 Å². The molecule has 6 heteroatoms. The molecule has 3 heterocycles. The van der Waals surface area contributed by atoms with Crippen molar-refractivity contribution in [3.63, 3.8) is 0 Å². The molecule has 2 N–H and O–H groups in total. The number of rotatable bonds is 4. The number of aromatic nitrogens is 2. The second-order valence-corrected chi connectivity index (χ2v) is 6.37. The topological polar surface area (TPSA) is 59.0 Å². The summed E-state index contributed by atoms with van der Waals surface area (Å²) < 4.78 is 1.91. The fourth-order valence-corrected chi connectivity index (χ4v) is 3.34. The van der Waals surface area contributed by atoms with E-state index < -0.39 is 0 Å². The van der Waals surface area contributed by atoms with E-state index in [-0.39, 0.29) is 11.9 Å². The number of carbonyl (C=O) groups is 1. The van der Waals surface area contributed by atoms with E-state index in [1.165, 1.54) is 0 Å². The molecule has 2 aromatic rings. The van der Waals surface area contributed by atoms with E-state index in [1.807, 2.05) is 35.3 Å². The van der Waals surface area contributed by atoms with Gasteiger partial charge in [0.25, 0.3) is 5.91 Å². The number of thiophene rings is 1. The third-order valence-electron chi connectivity index (χ3n) is 3.80. The predicted octanol–water partition coefficient (Wildman–Crippen LogP) is 2.36. The summed E-state index contributed by atoms with van der Waals surface area (Å²) in [7, 11) is 0. The van der Waals surface area contributed by atoms with Gasteiger partial charge in [-0.2, -0.15) is 5.10 Å². The number of nitrogens with one attached hydrogen (secondary N) is 2. The molecule has 5 nitrogen and oxygen atoms in total. The van der Waals surface area contributed by atoms with E-state index in [1.54, 1.807) is 17.4 Å². The maximum atomic E-state index is 12.2. The molecular weight excluding hydrogens is 284 g/mol. The Morgan fingerprint density at radius 2 is 2.48 bits per heavy atom. The maximum absolute atomic E-state index is 12.2. The molecule has 0 aliphatic carbocycles. The molecule has 1 fully saturated rings. The van der Waals surface area contributed by atoms with Gasteiger partial charge in [0.05, 0.1) is 12.1 Å². The van der Waals surface area contributed by atoms with Gasteiger partial charge < -0.3 is 10.6 Å². The molecule has 1 aliphatic heterocycles. The monoisotopic (exact) mass is 304 g/mol. The van der Waals surface area contributed by atoms with Crippen molar-refractivity contribution in [2.75, 3.05) is 13.1 Å². The molecule has 1 saturated heterocycles. The first-order valence-corrected chi connectivity index (χ1v) is 8.22. The molecule has 21 heavy (non-hydrogen) atoms. The van der Waals surface area contributed by atoms with Crippen LogP contribution in [0.2, 0.25) is 0 Å². The van der Waals surface area contributed by atoms with Crippen molar-refractivity contribution in [3.05, 3.63) is 40.3 Å². The van der Waals surface area contributed by atoms with Crippen molar-refractivity contribution in [1.29, 1.82) is 0 Å². The van der Waals surface area contributed by atoms with E-state index in [4.69, 9.17) is 0 Å². The van der Waals surface area contributed by atoms with Crippen LogP contribution in [-0.2, 0) is 0 Å². The molecule has 3 rings (SSSR count). The molecule has 0 unspecified atom stereocenters. The highest BCUT2D eigenvalue weighted by atomic mass is 32.1. The van der Waals surface area contributed by atoms with E-state index >= 15 is 0 Å². The number of hydrogen-bond acceptors (Lipinski definition) is 4. The molecule has 1 aliphatic rings. The average molecular weight is 304 g/mol. The molecule has 0 bridgehead atoms. The standard InChI is InChI=1S/C15H20N4OS/c1-11(14-5-3-9-21-14)17-15(20)13-6-8-19(18-13)12-4-2-7-16-10-12/h3,5-6,8-9,11-12,16H,2,4,7,10H2,1H3,(H,17,20)/t11-,12+/m1/s1. The van der Waals surface area contributed by atoms with Crippen LogP contribution in [0.3, 0.4) is 0 Å². The van der Waals surface area contributed by atoms with Crippen molar-refractivity contribution in [2.24, 2.45) is 0 Å². The molecule has 2 atom stereocenters. The zero-order chi connectivity index (χ0) is 14.7. The second-order valence-electron chi connectivity index (χ2n) is 5.39. The lowest BCUT2D eigenvalue weighted by atomic mass is 10.1. The quantitative estimate of drug-likeness (QED) is 0.911. The van der Waals surface area contributed by atoms with E-state index in [2.05, 4.69) is 15.7 Å². The van der Waals surface area contributed by atoms with Gasteiger partial charge in [-0.05, 0) is 43.8 Å². The predicted molar refractivity (Wildman–Crippen MR) is 83.6 cm³/mol. The Morgan fingerprint density at radius 1 is 1.57 bits per heavy atom. The zero-order valence-electron chi connectivity index (χ0n) is 12.1. The van der Waals surface area contributed by atoms with Gasteiger partial charge in [0.1, 0.15) is 5.69 Å². The van der Waals surface area contributed by atoms with Gasteiger partial charge in [0.2, 0.25) is 0 Å². The molecule has 0 aromatic carbocycles. The first-order valence-electron chi connectivity index (χ1n) is 7.34. The van der Waals surface area contributed by atoms with Gasteiger partial charge in [-0.15, -0.1) is 11.3 Å². The van der Waals surface area contributed by atoms with Gasteiger partial charge in [0.15, 0.2) is 0 Å². The summed E-state index contributed by atoms with van der Waals surface area (Å²) >= 11 is 1.65. The summed E-state index contributed by atoms with van der Waals surface area (Å²) in [6.45, 7) is 3.99. The van der Waals surface area contributed by atoms with E-state index in [9.17, 15) is 4.79 Å². The smallest absolute Gasteiger partial charge is 0.272 e. The summed E-state index contributed by atoms with van der Waals surface area (Å²) in [5.41, 5.74) is 0.490.